The maximum Gasteiger partial charge on any atom is 0.251 e. The molecule has 1 atom stereocenters. The zero-order chi connectivity index (χ0) is 28.8. The van der Waals surface area contributed by atoms with Crippen molar-refractivity contribution in [2.45, 2.75) is 12.5 Å². The Morgan fingerprint density at radius 2 is 1.83 bits per heavy atom. The molecule has 2 heterocycles. The molecule has 5 rings (SSSR count). The third-order valence-corrected chi connectivity index (χ3v) is 6.76. The normalized spacial score (nSPS) is 11.9. The molecular weight excluding hydrogens is 563 g/mol. The Hall–Kier alpha value is -4.80. The van der Waals surface area contributed by atoms with Gasteiger partial charge in [-0.25, -0.2) is 4.98 Å². The minimum Gasteiger partial charge on any atom is -0.355 e. The molecule has 10 nitrogen and oxygen atoms in total. The molecule has 0 saturated heterocycles. The average molecular weight is 587 g/mol. The lowest BCUT2D eigenvalue weighted by molar-refractivity contribution is -0.117. The highest BCUT2D eigenvalue weighted by molar-refractivity contribution is 6.32. The van der Waals surface area contributed by atoms with Crippen molar-refractivity contribution in [2.24, 2.45) is 0 Å². The minimum absolute atomic E-state index is 0.188. The number of benzene rings is 3. The fourth-order valence-corrected chi connectivity index (χ4v) is 4.67. The first-order valence-corrected chi connectivity index (χ1v) is 13.3. The van der Waals surface area contributed by atoms with Crippen LogP contribution in [-0.2, 0) is 11.2 Å². The lowest BCUT2D eigenvalue weighted by atomic mass is 10.1. The standard InChI is InChI=1S/C29H24Cl2N8O2/c1-32-29(41)20-9-7-19(8-10-20)26-27(31)36-28(35-26)23(15-18-5-3-2-4-6-18)34-25(40)14-11-21-16-22(30)12-13-24(21)39-17-33-37-38-39/h2-14,16-17,23H,15H2,1H3,(H,32,41)(H,34,40)(H,35,36)/t23-/m0/s1. The first kappa shape index (κ1) is 27.8. The highest BCUT2D eigenvalue weighted by atomic mass is 35.5. The van der Waals surface area contributed by atoms with Gasteiger partial charge in [-0.05, 0) is 58.8 Å². The predicted molar refractivity (Wildman–Crippen MR) is 157 cm³/mol. The number of nitrogens with one attached hydrogen (secondary N) is 3. The quantitative estimate of drug-likeness (QED) is 0.212. The zero-order valence-electron chi connectivity index (χ0n) is 21.8. The van der Waals surface area contributed by atoms with Gasteiger partial charge in [0.05, 0.1) is 11.7 Å². The molecule has 0 aliphatic carbocycles. The van der Waals surface area contributed by atoms with Gasteiger partial charge >= 0.3 is 0 Å². The Morgan fingerprint density at radius 1 is 1.05 bits per heavy atom. The second-order valence-corrected chi connectivity index (χ2v) is 9.80. The summed E-state index contributed by atoms with van der Waals surface area (Å²) < 4.78 is 1.49. The van der Waals surface area contributed by atoms with Gasteiger partial charge in [-0.15, -0.1) is 5.10 Å². The summed E-state index contributed by atoms with van der Waals surface area (Å²) >= 11 is 12.8. The molecule has 12 heteroatoms. The summed E-state index contributed by atoms with van der Waals surface area (Å²) in [6.07, 6.45) is 4.99. The number of H-pyrrole nitrogens is 1. The number of aromatic amines is 1. The van der Waals surface area contributed by atoms with Crippen LogP contribution in [0.3, 0.4) is 0 Å². The molecule has 0 unspecified atom stereocenters. The monoisotopic (exact) mass is 586 g/mol. The number of rotatable bonds is 9. The number of imidazole rings is 1. The van der Waals surface area contributed by atoms with Gasteiger partial charge < -0.3 is 15.6 Å². The number of tetrazole rings is 1. The van der Waals surface area contributed by atoms with Crippen LogP contribution in [0.4, 0.5) is 0 Å². The number of carbonyl (C=O) groups is 2. The zero-order valence-corrected chi connectivity index (χ0v) is 23.3. The van der Waals surface area contributed by atoms with E-state index in [0.717, 1.165) is 11.1 Å². The summed E-state index contributed by atoms with van der Waals surface area (Å²) in [5.74, 6) is -0.0485. The van der Waals surface area contributed by atoms with Gasteiger partial charge in [-0.3, -0.25) is 9.59 Å². The smallest absolute Gasteiger partial charge is 0.251 e. The molecule has 0 saturated carbocycles. The largest absolute Gasteiger partial charge is 0.355 e. The van der Waals surface area contributed by atoms with E-state index >= 15 is 0 Å². The topological polar surface area (TPSA) is 130 Å². The SMILES string of the molecule is CNC(=O)c1ccc(-c2nc([C@H](Cc3ccccc3)NC(=O)C=Cc3cc(Cl)ccc3-n3cnnn3)[nH]c2Cl)cc1. The fraction of sp³-hybridized carbons (Fsp3) is 0.103. The number of carbonyl (C=O) groups excluding carboxylic acids is 2. The van der Waals surface area contributed by atoms with E-state index < -0.39 is 6.04 Å². The third-order valence-electron chi connectivity index (χ3n) is 6.25. The second kappa shape index (κ2) is 12.6. The second-order valence-electron chi connectivity index (χ2n) is 8.98. The highest BCUT2D eigenvalue weighted by Crippen LogP contribution is 2.29. The summed E-state index contributed by atoms with van der Waals surface area (Å²) in [4.78, 5) is 32.9. The molecule has 206 valence electrons. The van der Waals surface area contributed by atoms with Crippen LogP contribution in [0, 0.1) is 0 Å². The van der Waals surface area contributed by atoms with E-state index in [-0.39, 0.29) is 11.8 Å². The molecule has 3 N–H and O–H groups in total. The van der Waals surface area contributed by atoms with Crippen LogP contribution >= 0.6 is 23.2 Å². The number of hydrogen-bond donors (Lipinski definition) is 3. The molecule has 5 aromatic rings. The summed E-state index contributed by atoms with van der Waals surface area (Å²) in [6.45, 7) is 0. The van der Waals surface area contributed by atoms with E-state index in [4.69, 9.17) is 28.2 Å². The van der Waals surface area contributed by atoms with Crippen LogP contribution in [0.25, 0.3) is 23.0 Å². The maximum atomic E-state index is 13.2. The molecule has 2 amide bonds. The molecule has 41 heavy (non-hydrogen) atoms. The molecule has 0 fully saturated rings. The Bertz CT molecular complexity index is 1680. The van der Waals surface area contributed by atoms with Gasteiger partial charge in [0.1, 0.15) is 23.0 Å². The minimum atomic E-state index is -0.524. The lowest BCUT2D eigenvalue weighted by Crippen LogP contribution is -2.29. The summed E-state index contributed by atoms with van der Waals surface area (Å²) in [7, 11) is 1.58. The number of aromatic nitrogens is 6. The first-order chi connectivity index (χ1) is 19.9. The number of halogens is 2. The van der Waals surface area contributed by atoms with Crippen molar-refractivity contribution in [2.75, 3.05) is 7.05 Å². The number of nitrogens with zero attached hydrogens (tertiary/aromatic N) is 5. The summed E-state index contributed by atoms with van der Waals surface area (Å²) in [5.41, 5.74) is 4.08. The van der Waals surface area contributed by atoms with Crippen LogP contribution in [0.5, 0.6) is 0 Å². The van der Waals surface area contributed by atoms with Gasteiger partial charge in [-0.2, -0.15) is 4.68 Å². The van der Waals surface area contributed by atoms with E-state index in [1.807, 2.05) is 30.3 Å². The van der Waals surface area contributed by atoms with Crippen LogP contribution < -0.4 is 10.6 Å². The van der Waals surface area contributed by atoms with Crippen molar-refractivity contribution >= 4 is 41.1 Å². The molecular formula is C29H24Cl2N8O2. The number of hydrogen-bond acceptors (Lipinski definition) is 6. The van der Waals surface area contributed by atoms with E-state index in [1.165, 1.54) is 17.1 Å². The maximum absolute atomic E-state index is 13.2. The van der Waals surface area contributed by atoms with Crippen molar-refractivity contribution in [3.8, 4) is 16.9 Å². The Labute approximate surface area is 245 Å². The van der Waals surface area contributed by atoms with Gasteiger partial charge in [0.15, 0.2) is 0 Å². The molecule has 0 bridgehead atoms. The predicted octanol–water partition coefficient (Wildman–Crippen LogP) is 4.83. The molecule has 3 aromatic carbocycles. The first-order valence-electron chi connectivity index (χ1n) is 12.5. The van der Waals surface area contributed by atoms with Gasteiger partial charge in [0.2, 0.25) is 5.91 Å². The van der Waals surface area contributed by atoms with Crippen molar-refractivity contribution < 1.29 is 9.59 Å². The average Bonchev–Trinajstić information content (AvgIpc) is 3.66. The van der Waals surface area contributed by atoms with Crippen LogP contribution in [0.15, 0.2) is 85.2 Å². The van der Waals surface area contributed by atoms with E-state index in [9.17, 15) is 9.59 Å². The van der Waals surface area contributed by atoms with Gasteiger partial charge in [0, 0.05) is 34.8 Å². The molecule has 0 aliphatic heterocycles. The van der Waals surface area contributed by atoms with Crippen molar-refractivity contribution in [3.63, 3.8) is 0 Å². The third kappa shape index (κ3) is 6.68. The molecule has 0 aliphatic rings. The Balaban J connectivity index is 1.41. The van der Waals surface area contributed by atoms with Crippen molar-refractivity contribution in [1.82, 2.24) is 40.8 Å². The highest BCUT2D eigenvalue weighted by Gasteiger charge is 2.21. The van der Waals surface area contributed by atoms with Crippen LogP contribution in [0.1, 0.15) is 33.4 Å². The van der Waals surface area contributed by atoms with Crippen molar-refractivity contribution in [3.05, 3.63) is 118 Å². The lowest BCUT2D eigenvalue weighted by Gasteiger charge is -2.16. The fourth-order valence-electron chi connectivity index (χ4n) is 4.24. The van der Waals surface area contributed by atoms with E-state index in [0.29, 0.717) is 44.9 Å². The molecule has 0 spiro atoms. The molecule has 2 aromatic heterocycles. The van der Waals surface area contributed by atoms with Crippen LogP contribution in [-0.4, -0.2) is 49.0 Å². The van der Waals surface area contributed by atoms with E-state index in [1.54, 1.807) is 55.6 Å². The number of amides is 2. The Kier molecular flexibility index (Phi) is 8.52. The van der Waals surface area contributed by atoms with Gasteiger partial charge in [-0.1, -0.05) is 65.7 Å². The summed E-state index contributed by atoms with van der Waals surface area (Å²) in [6, 6.07) is 21.4. The van der Waals surface area contributed by atoms with Crippen LogP contribution in [0.2, 0.25) is 10.2 Å². The molecule has 0 radical (unpaired) electrons. The van der Waals surface area contributed by atoms with E-state index in [2.05, 4.69) is 31.1 Å². The Morgan fingerprint density at radius 3 is 2.54 bits per heavy atom. The van der Waals surface area contributed by atoms with Crippen molar-refractivity contribution in [1.29, 1.82) is 0 Å². The van der Waals surface area contributed by atoms with Gasteiger partial charge in [0.25, 0.3) is 5.91 Å². The summed E-state index contributed by atoms with van der Waals surface area (Å²) in [5, 5.41) is 17.7.